The summed E-state index contributed by atoms with van der Waals surface area (Å²) in [6.45, 7) is 1.25. The van der Waals surface area contributed by atoms with Gasteiger partial charge in [0.05, 0.1) is 0 Å². The minimum Gasteiger partial charge on any atom is -0.477 e. The molecule has 0 aliphatic carbocycles. The number of carbonyl (C=O) groups excluding carboxylic acids is 3. The van der Waals surface area contributed by atoms with E-state index in [9.17, 15) is 24.3 Å². The van der Waals surface area contributed by atoms with E-state index < -0.39 is 34.9 Å². The molecule has 0 aromatic carbocycles. The Hall–Kier alpha value is -2.58. The summed E-state index contributed by atoms with van der Waals surface area (Å²) in [7, 11) is 1.28. The molecule has 1 aromatic rings. The maximum atomic E-state index is 12.7. The van der Waals surface area contributed by atoms with E-state index in [0.717, 1.165) is 27.6 Å². The number of nitrogens with zero attached hydrogens (tertiary/aromatic N) is 4. The lowest BCUT2D eigenvalue weighted by Crippen LogP contribution is -2.80. The Morgan fingerprint density at radius 1 is 1.54 bits per heavy atom. The number of carbonyl (C=O) groups is 4. The van der Waals surface area contributed by atoms with Crippen LogP contribution in [-0.4, -0.2) is 78.3 Å². The molecule has 3 rings (SSSR count). The van der Waals surface area contributed by atoms with Gasteiger partial charge in [0, 0.05) is 25.5 Å². The maximum absolute atomic E-state index is 12.7. The van der Waals surface area contributed by atoms with Gasteiger partial charge in [0.25, 0.3) is 11.6 Å². The minimum atomic E-state index is -1.60. The van der Waals surface area contributed by atoms with Gasteiger partial charge in [-0.1, -0.05) is 11.8 Å². The van der Waals surface area contributed by atoms with Crippen LogP contribution in [0.15, 0.2) is 22.8 Å². The number of hydrogen-bond acceptors (Lipinski definition) is 9. The highest BCUT2D eigenvalue weighted by Gasteiger charge is 2.66. The molecule has 28 heavy (non-hydrogen) atoms. The fraction of sp³-hybridized carbons (Fsp3) is 0.429. The Bertz CT molecular complexity index is 901. The fourth-order valence-electron chi connectivity index (χ4n) is 2.94. The van der Waals surface area contributed by atoms with Gasteiger partial charge in [-0.25, -0.2) is 14.2 Å². The topological polar surface area (TPSA) is 170 Å². The standard InChI is InChI=1S/C14H16N6O6S2/c1-6(21)17-14(26-2)10(24)20-8(9(22)23)7(3-27-11(14)20)4-28-13-18-16-5-19(13)12(15)25/h5,11H,3-4H2,1-2H3,(H2,15,25)(H,17,21)(H,22,23)/t11-,14?/m1/s1. The number of nitrogens with one attached hydrogen (secondary N) is 1. The molecule has 1 unspecified atom stereocenters. The molecule has 3 heterocycles. The number of rotatable bonds is 6. The smallest absolute Gasteiger partial charge is 0.352 e. The molecule has 0 spiro atoms. The van der Waals surface area contributed by atoms with E-state index in [1.54, 1.807) is 0 Å². The second-order valence-corrected chi connectivity index (χ2v) is 7.84. The van der Waals surface area contributed by atoms with E-state index in [0.29, 0.717) is 5.57 Å². The van der Waals surface area contributed by atoms with Crippen LogP contribution >= 0.6 is 23.5 Å². The number of thioether (sulfide) groups is 2. The summed E-state index contributed by atoms with van der Waals surface area (Å²) in [5, 5.41) is 19.0. The lowest BCUT2D eigenvalue weighted by molar-refractivity contribution is -0.192. The third kappa shape index (κ3) is 3.12. The molecule has 150 valence electrons. The van der Waals surface area contributed by atoms with E-state index in [1.807, 2.05) is 0 Å². The largest absolute Gasteiger partial charge is 0.477 e. The number of carboxylic acids is 1. The van der Waals surface area contributed by atoms with Crippen molar-refractivity contribution in [2.45, 2.75) is 23.2 Å². The van der Waals surface area contributed by atoms with Crippen LogP contribution in [0.25, 0.3) is 0 Å². The highest BCUT2D eigenvalue weighted by Crippen LogP contribution is 2.47. The van der Waals surface area contributed by atoms with Crippen molar-refractivity contribution in [2.75, 3.05) is 18.6 Å². The molecule has 14 heteroatoms. The number of ether oxygens (including phenoxy) is 1. The third-order valence-corrected chi connectivity index (χ3v) is 6.53. The van der Waals surface area contributed by atoms with Crippen molar-refractivity contribution < 1.29 is 29.0 Å². The minimum absolute atomic E-state index is 0.150. The van der Waals surface area contributed by atoms with Crippen molar-refractivity contribution in [2.24, 2.45) is 5.73 Å². The number of fused-ring (bicyclic) bond motifs is 1. The first-order chi connectivity index (χ1) is 13.2. The average molecular weight is 428 g/mol. The molecule has 1 saturated heterocycles. The molecule has 2 aliphatic rings. The van der Waals surface area contributed by atoms with E-state index in [-0.39, 0.29) is 22.4 Å². The van der Waals surface area contributed by atoms with Crippen molar-refractivity contribution in [3.05, 3.63) is 17.6 Å². The van der Waals surface area contributed by atoms with Crippen LogP contribution in [0.1, 0.15) is 6.92 Å². The molecule has 12 nitrogen and oxygen atoms in total. The molecule has 0 bridgehead atoms. The van der Waals surface area contributed by atoms with Gasteiger partial charge >= 0.3 is 12.0 Å². The van der Waals surface area contributed by atoms with Crippen molar-refractivity contribution in [1.29, 1.82) is 0 Å². The summed E-state index contributed by atoms with van der Waals surface area (Å²) in [6, 6.07) is -0.767. The maximum Gasteiger partial charge on any atom is 0.352 e. The third-order valence-electron chi connectivity index (χ3n) is 4.13. The van der Waals surface area contributed by atoms with Crippen LogP contribution < -0.4 is 11.1 Å². The second-order valence-electron chi connectivity index (χ2n) is 5.83. The highest BCUT2D eigenvalue weighted by molar-refractivity contribution is 8.01. The van der Waals surface area contributed by atoms with Gasteiger partial charge in [-0.05, 0) is 5.57 Å². The van der Waals surface area contributed by atoms with Gasteiger partial charge in [-0.3, -0.25) is 14.5 Å². The first kappa shape index (κ1) is 20.2. The molecule has 2 aliphatic heterocycles. The van der Waals surface area contributed by atoms with Crippen molar-refractivity contribution in [3.8, 4) is 0 Å². The van der Waals surface area contributed by atoms with E-state index in [1.165, 1.54) is 25.8 Å². The zero-order chi connectivity index (χ0) is 20.6. The van der Waals surface area contributed by atoms with E-state index in [4.69, 9.17) is 10.5 Å². The van der Waals surface area contributed by atoms with Gasteiger partial charge in [0.2, 0.25) is 5.91 Å². The lowest BCUT2D eigenvalue weighted by Gasteiger charge is -2.55. The van der Waals surface area contributed by atoms with Crippen LogP contribution in [0, 0.1) is 0 Å². The average Bonchev–Trinajstić information content (AvgIpc) is 3.11. The molecule has 1 fully saturated rings. The summed E-state index contributed by atoms with van der Waals surface area (Å²) >= 11 is 2.33. The Balaban J connectivity index is 1.87. The summed E-state index contributed by atoms with van der Waals surface area (Å²) in [6.07, 6.45) is 1.15. The van der Waals surface area contributed by atoms with Gasteiger partial charge < -0.3 is 20.9 Å². The summed E-state index contributed by atoms with van der Waals surface area (Å²) in [4.78, 5) is 48.5. The van der Waals surface area contributed by atoms with Crippen LogP contribution in [-0.2, 0) is 19.1 Å². The quantitative estimate of drug-likeness (QED) is 0.291. The molecule has 0 radical (unpaired) electrons. The molecule has 4 N–H and O–H groups in total. The first-order valence-corrected chi connectivity index (χ1v) is 9.83. The zero-order valence-corrected chi connectivity index (χ0v) is 16.4. The fourth-order valence-corrected chi connectivity index (χ4v) is 5.43. The van der Waals surface area contributed by atoms with Crippen LogP contribution in [0.4, 0.5) is 4.79 Å². The normalized spacial score (nSPS) is 23.9. The number of β-lactam (4-membered cyclic amide) rings is 1. The highest BCUT2D eigenvalue weighted by atomic mass is 32.2. The lowest BCUT2D eigenvalue weighted by atomic mass is 9.98. The number of carboxylic acid groups (broad SMARTS) is 1. The number of hydrogen-bond donors (Lipinski definition) is 3. The van der Waals surface area contributed by atoms with Crippen LogP contribution in [0.3, 0.4) is 0 Å². The first-order valence-electron chi connectivity index (χ1n) is 7.80. The van der Waals surface area contributed by atoms with Gasteiger partial charge in [-0.2, -0.15) is 0 Å². The summed E-state index contributed by atoms with van der Waals surface area (Å²) in [5.74, 6) is -1.99. The van der Waals surface area contributed by atoms with Crippen molar-refractivity contribution in [1.82, 2.24) is 25.0 Å². The molecular formula is C14H16N6O6S2. The van der Waals surface area contributed by atoms with Gasteiger partial charge in [0.1, 0.15) is 17.4 Å². The number of nitrogens with two attached hydrogens (primary N) is 1. The number of methoxy groups -OCH3 is 1. The Morgan fingerprint density at radius 3 is 2.82 bits per heavy atom. The molecule has 3 amide bonds. The van der Waals surface area contributed by atoms with Crippen LogP contribution in [0.2, 0.25) is 0 Å². The number of aliphatic carboxylic acids is 1. The summed E-state index contributed by atoms with van der Waals surface area (Å²) < 4.78 is 6.29. The molecule has 1 aromatic heterocycles. The van der Waals surface area contributed by atoms with Crippen LogP contribution in [0.5, 0.6) is 0 Å². The molecule has 2 atom stereocenters. The monoisotopic (exact) mass is 428 g/mol. The SMILES string of the molecule is COC1(NC(C)=O)C(=O)N2C(C(=O)O)=C(CSc3nncn3C(N)=O)CS[C@@H]21. The predicted octanol–water partition coefficient (Wildman–Crippen LogP) is -0.970. The van der Waals surface area contributed by atoms with E-state index >= 15 is 0 Å². The van der Waals surface area contributed by atoms with Gasteiger partial charge in [-0.15, -0.1) is 22.0 Å². The number of primary amides is 1. The predicted molar refractivity (Wildman–Crippen MR) is 97.0 cm³/mol. The number of amides is 3. The summed E-state index contributed by atoms with van der Waals surface area (Å²) in [5.41, 5.74) is 3.90. The van der Waals surface area contributed by atoms with E-state index in [2.05, 4.69) is 15.5 Å². The second kappa shape index (κ2) is 7.44. The molecular weight excluding hydrogens is 412 g/mol. The van der Waals surface area contributed by atoms with Crippen molar-refractivity contribution in [3.63, 3.8) is 0 Å². The Morgan fingerprint density at radius 2 is 2.25 bits per heavy atom. The Kier molecular flexibility index (Phi) is 5.36. The van der Waals surface area contributed by atoms with Gasteiger partial charge in [0.15, 0.2) is 5.16 Å². The van der Waals surface area contributed by atoms with Crippen molar-refractivity contribution >= 4 is 47.3 Å². The number of aromatic nitrogens is 3. The molecule has 0 saturated carbocycles. The Labute approximate surface area is 166 Å². The zero-order valence-electron chi connectivity index (χ0n) is 14.7.